The summed E-state index contributed by atoms with van der Waals surface area (Å²) >= 11 is 1.20. The molecule has 2 heterocycles. The van der Waals surface area contributed by atoms with Gasteiger partial charge in [0.25, 0.3) is 0 Å². The first kappa shape index (κ1) is 19.5. The summed E-state index contributed by atoms with van der Waals surface area (Å²) in [7, 11) is 0. The zero-order valence-electron chi connectivity index (χ0n) is 15.3. The fraction of sp³-hybridized carbons (Fsp3) is 0.300. The molecule has 1 atom stereocenters. The highest BCUT2D eigenvalue weighted by molar-refractivity contribution is 7.99. The lowest BCUT2D eigenvalue weighted by molar-refractivity contribution is 0.168. The summed E-state index contributed by atoms with van der Waals surface area (Å²) in [6.07, 6.45) is 1.26. The number of aryl methyl sites for hydroxylation is 1. The van der Waals surface area contributed by atoms with Gasteiger partial charge in [-0.1, -0.05) is 31.7 Å². The number of rotatable bonds is 6. The second-order valence-electron chi connectivity index (χ2n) is 6.67. The Bertz CT molecular complexity index is 922. The third-order valence-corrected chi connectivity index (χ3v) is 5.15. The number of nitrogens with one attached hydrogen (secondary N) is 1. The van der Waals surface area contributed by atoms with Gasteiger partial charge in [0.15, 0.2) is 0 Å². The van der Waals surface area contributed by atoms with E-state index in [-0.39, 0.29) is 5.92 Å². The summed E-state index contributed by atoms with van der Waals surface area (Å²) in [4.78, 5) is 12.3. The van der Waals surface area contributed by atoms with E-state index in [1.807, 2.05) is 32.9 Å². The van der Waals surface area contributed by atoms with Crippen LogP contribution < -0.4 is 0 Å². The van der Waals surface area contributed by atoms with Crippen LogP contribution in [-0.2, 0) is 6.42 Å². The lowest BCUT2D eigenvalue weighted by Gasteiger charge is -2.09. The molecule has 0 spiro atoms. The van der Waals surface area contributed by atoms with Gasteiger partial charge in [-0.25, -0.2) is 13.8 Å². The van der Waals surface area contributed by atoms with E-state index in [1.54, 1.807) is 6.20 Å². The summed E-state index contributed by atoms with van der Waals surface area (Å²) in [5, 5.41) is 11.3. The van der Waals surface area contributed by atoms with Crippen molar-refractivity contribution in [3.8, 4) is 0 Å². The van der Waals surface area contributed by atoms with Gasteiger partial charge in [0.2, 0.25) is 0 Å². The second-order valence-corrected chi connectivity index (χ2v) is 7.75. The number of aromatic amines is 1. The molecule has 0 aliphatic rings. The van der Waals surface area contributed by atoms with Gasteiger partial charge in [-0.15, -0.1) is 0 Å². The van der Waals surface area contributed by atoms with Crippen molar-refractivity contribution in [1.29, 1.82) is 0 Å². The number of halogens is 2. The van der Waals surface area contributed by atoms with E-state index in [1.165, 1.54) is 23.9 Å². The predicted molar refractivity (Wildman–Crippen MR) is 101 cm³/mol. The van der Waals surface area contributed by atoms with Gasteiger partial charge >= 0.3 is 0 Å². The maximum atomic E-state index is 13.5. The van der Waals surface area contributed by atoms with Crippen LogP contribution in [0.1, 0.15) is 48.6 Å². The number of hydrogen-bond donors (Lipinski definition) is 2. The smallest absolute Gasteiger partial charge is 0.136 e. The first-order valence-electron chi connectivity index (χ1n) is 8.65. The molecule has 142 valence electrons. The molecule has 4 nitrogen and oxygen atoms in total. The number of hydrogen-bond acceptors (Lipinski definition) is 4. The van der Waals surface area contributed by atoms with Crippen LogP contribution in [-0.4, -0.2) is 20.1 Å². The zero-order chi connectivity index (χ0) is 19.6. The van der Waals surface area contributed by atoms with E-state index in [4.69, 9.17) is 0 Å². The standard InChI is InChI=1S/C20H21F2N3OS/c1-11(2)18-20(27-16-9-14(21)8-15(22)10-16)25-19(24-18)17(26)7-13-5-4-6-23-12(13)3/h4-6,8-11,17,26H,7H2,1-3H3,(H,24,25). The molecular weight excluding hydrogens is 368 g/mol. The molecule has 0 saturated heterocycles. The van der Waals surface area contributed by atoms with Crippen LogP contribution in [0, 0.1) is 18.6 Å². The van der Waals surface area contributed by atoms with Gasteiger partial charge in [0.05, 0.1) is 5.69 Å². The Hall–Kier alpha value is -2.25. The Kier molecular flexibility index (Phi) is 5.92. The Morgan fingerprint density at radius 1 is 1.19 bits per heavy atom. The fourth-order valence-electron chi connectivity index (χ4n) is 2.76. The quantitative estimate of drug-likeness (QED) is 0.627. The molecular formula is C20H21F2N3OS. The first-order valence-corrected chi connectivity index (χ1v) is 9.47. The van der Waals surface area contributed by atoms with E-state index in [0.29, 0.717) is 22.2 Å². The number of benzene rings is 1. The van der Waals surface area contributed by atoms with Crippen molar-refractivity contribution in [2.45, 2.75) is 49.1 Å². The van der Waals surface area contributed by atoms with Gasteiger partial charge in [-0.3, -0.25) is 4.98 Å². The van der Waals surface area contributed by atoms with Crippen LogP contribution in [0.4, 0.5) is 8.78 Å². The maximum Gasteiger partial charge on any atom is 0.136 e. The van der Waals surface area contributed by atoms with Crippen molar-refractivity contribution in [2.75, 3.05) is 0 Å². The van der Waals surface area contributed by atoms with E-state index in [9.17, 15) is 13.9 Å². The molecule has 2 N–H and O–H groups in total. The summed E-state index contributed by atoms with van der Waals surface area (Å²) in [6.45, 7) is 5.85. The van der Waals surface area contributed by atoms with Crippen LogP contribution in [0.15, 0.2) is 46.5 Å². The van der Waals surface area contributed by atoms with Crippen molar-refractivity contribution in [3.63, 3.8) is 0 Å². The van der Waals surface area contributed by atoms with Gasteiger partial charge in [0, 0.05) is 29.3 Å². The maximum absolute atomic E-state index is 13.5. The van der Waals surface area contributed by atoms with Crippen LogP contribution in [0.5, 0.6) is 0 Å². The first-order chi connectivity index (χ1) is 12.8. The normalized spacial score (nSPS) is 12.6. The molecule has 7 heteroatoms. The molecule has 0 aliphatic carbocycles. The SMILES string of the molecule is Cc1ncccc1CC(O)c1nc(C(C)C)c(Sc2cc(F)cc(F)c2)[nH]1. The van der Waals surface area contributed by atoms with Crippen LogP contribution in [0.25, 0.3) is 0 Å². The number of H-pyrrole nitrogens is 1. The molecule has 0 radical (unpaired) electrons. The molecule has 0 amide bonds. The third kappa shape index (κ3) is 4.73. The van der Waals surface area contributed by atoms with Crippen molar-refractivity contribution in [2.24, 2.45) is 0 Å². The summed E-state index contributed by atoms with van der Waals surface area (Å²) < 4.78 is 27.0. The number of aliphatic hydroxyl groups excluding tert-OH is 1. The van der Waals surface area contributed by atoms with Gasteiger partial charge in [0.1, 0.15) is 28.6 Å². The largest absolute Gasteiger partial charge is 0.385 e. The minimum absolute atomic E-state index is 0.0863. The molecule has 2 aromatic heterocycles. The second kappa shape index (κ2) is 8.19. The number of nitrogens with zero attached hydrogens (tertiary/aromatic N) is 2. The zero-order valence-corrected chi connectivity index (χ0v) is 16.1. The van der Waals surface area contributed by atoms with Crippen LogP contribution >= 0.6 is 11.8 Å². The van der Waals surface area contributed by atoms with Crippen molar-refractivity contribution < 1.29 is 13.9 Å². The molecule has 0 fully saturated rings. The predicted octanol–water partition coefficient (Wildman–Crippen LogP) is 4.94. The van der Waals surface area contributed by atoms with Gasteiger partial charge < -0.3 is 10.1 Å². The minimum atomic E-state index is -0.830. The third-order valence-electron chi connectivity index (χ3n) is 4.16. The highest BCUT2D eigenvalue weighted by atomic mass is 32.2. The van der Waals surface area contributed by atoms with Crippen molar-refractivity contribution in [3.05, 3.63) is 70.9 Å². The number of pyridine rings is 1. The Morgan fingerprint density at radius 2 is 1.89 bits per heavy atom. The molecule has 1 aromatic carbocycles. The molecule has 1 unspecified atom stereocenters. The topological polar surface area (TPSA) is 61.8 Å². The number of imidazole rings is 1. The summed E-state index contributed by atoms with van der Waals surface area (Å²) in [5.74, 6) is -0.740. The fourth-order valence-corrected chi connectivity index (χ4v) is 3.88. The molecule has 27 heavy (non-hydrogen) atoms. The highest BCUT2D eigenvalue weighted by Crippen LogP contribution is 2.34. The lowest BCUT2D eigenvalue weighted by Crippen LogP contribution is -2.06. The molecule has 3 aromatic rings. The highest BCUT2D eigenvalue weighted by Gasteiger charge is 2.20. The Balaban J connectivity index is 1.87. The average Bonchev–Trinajstić information content (AvgIpc) is 3.00. The van der Waals surface area contributed by atoms with E-state index < -0.39 is 17.7 Å². The summed E-state index contributed by atoms with van der Waals surface area (Å²) in [5.41, 5.74) is 2.55. The van der Waals surface area contributed by atoms with Crippen LogP contribution in [0.2, 0.25) is 0 Å². The van der Waals surface area contributed by atoms with Crippen molar-refractivity contribution in [1.82, 2.24) is 15.0 Å². The molecule has 0 bridgehead atoms. The number of aliphatic hydroxyl groups is 1. The minimum Gasteiger partial charge on any atom is -0.385 e. The number of aromatic nitrogens is 3. The van der Waals surface area contributed by atoms with Crippen LogP contribution in [0.3, 0.4) is 0 Å². The molecule has 0 saturated carbocycles. The molecule has 0 aliphatic heterocycles. The Morgan fingerprint density at radius 3 is 2.52 bits per heavy atom. The van der Waals surface area contributed by atoms with Gasteiger partial charge in [-0.2, -0.15) is 0 Å². The van der Waals surface area contributed by atoms with Gasteiger partial charge in [-0.05, 0) is 36.6 Å². The van der Waals surface area contributed by atoms with E-state index in [0.717, 1.165) is 23.0 Å². The molecule has 3 rings (SSSR count). The Labute approximate surface area is 161 Å². The van der Waals surface area contributed by atoms with Crippen molar-refractivity contribution >= 4 is 11.8 Å². The van der Waals surface area contributed by atoms with E-state index in [2.05, 4.69) is 15.0 Å². The average molecular weight is 389 g/mol. The van der Waals surface area contributed by atoms with E-state index >= 15 is 0 Å². The monoisotopic (exact) mass is 389 g/mol. The lowest BCUT2D eigenvalue weighted by atomic mass is 10.1. The summed E-state index contributed by atoms with van der Waals surface area (Å²) in [6, 6.07) is 7.13.